The van der Waals surface area contributed by atoms with E-state index in [1.54, 1.807) is 7.11 Å². The first-order chi connectivity index (χ1) is 10.7. The summed E-state index contributed by atoms with van der Waals surface area (Å²) in [5.41, 5.74) is 1.13. The lowest BCUT2D eigenvalue weighted by Crippen LogP contribution is -2.42. The molecule has 1 aromatic rings. The lowest BCUT2D eigenvalue weighted by atomic mass is 10.1. The highest BCUT2D eigenvalue weighted by Crippen LogP contribution is 2.20. The van der Waals surface area contributed by atoms with Gasteiger partial charge in [0, 0.05) is 12.6 Å². The summed E-state index contributed by atoms with van der Waals surface area (Å²) < 4.78 is 5.32. The SMILES string of the molecule is COc1ccccc1CCNC(=O)CN(C)C1CCSCC1. The summed E-state index contributed by atoms with van der Waals surface area (Å²) in [4.78, 5) is 14.2. The number of hydrogen-bond donors (Lipinski definition) is 1. The molecule has 1 heterocycles. The summed E-state index contributed by atoms with van der Waals surface area (Å²) in [6.45, 7) is 1.13. The van der Waals surface area contributed by atoms with Gasteiger partial charge < -0.3 is 10.1 Å². The Labute approximate surface area is 137 Å². The van der Waals surface area contributed by atoms with Crippen LogP contribution in [-0.2, 0) is 11.2 Å². The number of nitrogens with zero attached hydrogens (tertiary/aromatic N) is 1. The highest BCUT2D eigenvalue weighted by atomic mass is 32.2. The number of amides is 1. The standard InChI is InChI=1S/C17H26N2O2S/c1-19(15-8-11-22-12-9-15)13-17(20)18-10-7-14-5-3-4-6-16(14)21-2/h3-6,15H,7-13H2,1-2H3,(H,18,20). The van der Waals surface area contributed by atoms with E-state index in [1.807, 2.05) is 36.0 Å². The second-order valence-electron chi connectivity index (χ2n) is 5.67. The summed E-state index contributed by atoms with van der Waals surface area (Å²) >= 11 is 2.01. The molecule has 1 N–H and O–H groups in total. The average molecular weight is 322 g/mol. The van der Waals surface area contributed by atoms with Crippen molar-refractivity contribution < 1.29 is 9.53 Å². The molecular formula is C17H26N2O2S. The average Bonchev–Trinajstić information content (AvgIpc) is 2.56. The van der Waals surface area contributed by atoms with Gasteiger partial charge in [-0.15, -0.1) is 0 Å². The second-order valence-corrected chi connectivity index (χ2v) is 6.90. The third kappa shape index (κ3) is 5.21. The maximum absolute atomic E-state index is 12.1. The molecule has 1 amide bonds. The molecule has 5 heteroatoms. The Morgan fingerprint density at radius 2 is 2.09 bits per heavy atom. The number of carbonyl (C=O) groups excluding carboxylic acids is 1. The van der Waals surface area contributed by atoms with Gasteiger partial charge >= 0.3 is 0 Å². The number of ether oxygens (including phenoxy) is 1. The molecule has 0 unspecified atom stereocenters. The number of nitrogens with one attached hydrogen (secondary N) is 1. The van der Waals surface area contributed by atoms with Crippen LogP contribution in [0.5, 0.6) is 5.75 Å². The minimum absolute atomic E-state index is 0.107. The van der Waals surface area contributed by atoms with Crippen LogP contribution in [0.3, 0.4) is 0 Å². The smallest absolute Gasteiger partial charge is 0.234 e. The first-order valence-electron chi connectivity index (χ1n) is 7.87. The molecule has 0 spiro atoms. The van der Waals surface area contributed by atoms with Crippen LogP contribution in [-0.4, -0.2) is 55.6 Å². The number of para-hydroxylation sites is 1. The Hall–Kier alpha value is -1.20. The maximum Gasteiger partial charge on any atom is 0.234 e. The van der Waals surface area contributed by atoms with Gasteiger partial charge in [-0.25, -0.2) is 0 Å². The molecule has 0 saturated carbocycles. The van der Waals surface area contributed by atoms with Crippen LogP contribution in [0.1, 0.15) is 18.4 Å². The number of rotatable bonds is 7. The first-order valence-corrected chi connectivity index (χ1v) is 9.02. The highest BCUT2D eigenvalue weighted by Gasteiger charge is 2.19. The van der Waals surface area contributed by atoms with Crippen molar-refractivity contribution in [2.24, 2.45) is 0 Å². The molecule has 0 bridgehead atoms. The zero-order valence-electron chi connectivity index (χ0n) is 13.5. The van der Waals surface area contributed by atoms with Crippen LogP contribution < -0.4 is 10.1 Å². The van der Waals surface area contributed by atoms with Crippen molar-refractivity contribution in [3.8, 4) is 5.75 Å². The fourth-order valence-electron chi connectivity index (χ4n) is 2.78. The molecule has 22 heavy (non-hydrogen) atoms. The molecule has 0 atom stereocenters. The number of carbonyl (C=O) groups is 1. The lowest BCUT2D eigenvalue weighted by molar-refractivity contribution is -0.122. The molecule has 1 saturated heterocycles. The van der Waals surface area contributed by atoms with Crippen molar-refractivity contribution in [2.75, 3.05) is 38.8 Å². The van der Waals surface area contributed by atoms with Gasteiger partial charge in [0.05, 0.1) is 13.7 Å². The Morgan fingerprint density at radius 3 is 2.82 bits per heavy atom. The van der Waals surface area contributed by atoms with Gasteiger partial charge in [-0.3, -0.25) is 9.69 Å². The summed E-state index contributed by atoms with van der Waals surface area (Å²) in [5.74, 6) is 3.42. The third-order valence-electron chi connectivity index (χ3n) is 4.12. The van der Waals surface area contributed by atoms with Crippen molar-refractivity contribution in [3.05, 3.63) is 29.8 Å². The van der Waals surface area contributed by atoms with Crippen molar-refractivity contribution >= 4 is 17.7 Å². The third-order valence-corrected chi connectivity index (χ3v) is 5.16. The van der Waals surface area contributed by atoms with Crippen molar-refractivity contribution in [1.29, 1.82) is 0 Å². The fraction of sp³-hybridized carbons (Fsp3) is 0.588. The van der Waals surface area contributed by atoms with Crippen molar-refractivity contribution in [2.45, 2.75) is 25.3 Å². The molecule has 1 aromatic carbocycles. The second kappa shape index (κ2) is 9.06. The Balaban J connectivity index is 1.71. The van der Waals surface area contributed by atoms with E-state index in [4.69, 9.17) is 4.74 Å². The summed E-state index contributed by atoms with van der Waals surface area (Å²) in [7, 11) is 3.73. The Morgan fingerprint density at radius 1 is 1.36 bits per heavy atom. The Bertz CT molecular complexity index is 475. The van der Waals surface area contributed by atoms with E-state index < -0.39 is 0 Å². The molecule has 1 aliphatic heterocycles. The minimum atomic E-state index is 0.107. The summed E-state index contributed by atoms with van der Waals surface area (Å²) in [5, 5.41) is 3.01. The van der Waals surface area contributed by atoms with Crippen LogP contribution >= 0.6 is 11.8 Å². The minimum Gasteiger partial charge on any atom is -0.496 e. The number of thioether (sulfide) groups is 1. The molecule has 2 rings (SSSR count). The maximum atomic E-state index is 12.1. The van der Waals surface area contributed by atoms with Gasteiger partial charge in [-0.05, 0) is 49.4 Å². The van der Waals surface area contributed by atoms with E-state index in [2.05, 4.69) is 17.3 Å². The number of hydrogen-bond acceptors (Lipinski definition) is 4. The van der Waals surface area contributed by atoms with Crippen LogP contribution in [0.15, 0.2) is 24.3 Å². The molecule has 4 nitrogen and oxygen atoms in total. The predicted octanol–water partition coefficient (Wildman–Crippen LogP) is 2.18. The topological polar surface area (TPSA) is 41.6 Å². The monoisotopic (exact) mass is 322 g/mol. The molecule has 0 aliphatic carbocycles. The molecule has 0 radical (unpaired) electrons. The molecular weight excluding hydrogens is 296 g/mol. The molecule has 1 fully saturated rings. The van der Waals surface area contributed by atoms with Gasteiger partial charge in [0.25, 0.3) is 0 Å². The molecule has 0 aromatic heterocycles. The van der Waals surface area contributed by atoms with Crippen molar-refractivity contribution in [3.63, 3.8) is 0 Å². The fourth-order valence-corrected chi connectivity index (χ4v) is 3.87. The number of likely N-dealkylation sites (N-methyl/N-ethyl adjacent to an activating group) is 1. The normalized spacial score (nSPS) is 15.8. The zero-order valence-corrected chi connectivity index (χ0v) is 14.3. The van der Waals surface area contributed by atoms with Crippen LogP contribution in [0.2, 0.25) is 0 Å². The quantitative estimate of drug-likeness (QED) is 0.835. The van der Waals surface area contributed by atoms with Crippen molar-refractivity contribution in [1.82, 2.24) is 10.2 Å². The van der Waals surface area contributed by atoms with E-state index >= 15 is 0 Å². The van der Waals surface area contributed by atoms with E-state index in [-0.39, 0.29) is 5.91 Å². The zero-order chi connectivity index (χ0) is 15.8. The van der Waals surface area contributed by atoms with E-state index in [0.29, 0.717) is 19.1 Å². The van der Waals surface area contributed by atoms with Crippen LogP contribution in [0, 0.1) is 0 Å². The van der Waals surface area contributed by atoms with Gasteiger partial charge in [0.2, 0.25) is 5.91 Å². The number of methoxy groups -OCH3 is 1. The van der Waals surface area contributed by atoms with E-state index in [1.165, 1.54) is 24.3 Å². The first kappa shape index (κ1) is 17.2. The molecule has 122 valence electrons. The van der Waals surface area contributed by atoms with Gasteiger partial charge in [-0.1, -0.05) is 18.2 Å². The molecule has 1 aliphatic rings. The van der Waals surface area contributed by atoms with Gasteiger partial charge in [-0.2, -0.15) is 11.8 Å². The van der Waals surface area contributed by atoms with Gasteiger partial charge in [0.15, 0.2) is 0 Å². The predicted molar refractivity (Wildman–Crippen MR) is 92.7 cm³/mol. The Kier molecular flexibility index (Phi) is 7.06. The summed E-state index contributed by atoms with van der Waals surface area (Å²) in [6, 6.07) is 8.50. The largest absolute Gasteiger partial charge is 0.496 e. The van der Waals surface area contributed by atoms with E-state index in [0.717, 1.165) is 17.7 Å². The van der Waals surface area contributed by atoms with E-state index in [9.17, 15) is 4.79 Å². The lowest BCUT2D eigenvalue weighted by Gasteiger charge is -2.30. The number of benzene rings is 1. The summed E-state index contributed by atoms with van der Waals surface area (Å²) in [6.07, 6.45) is 3.17. The highest BCUT2D eigenvalue weighted by molar-refractivity contribution is 7.99. The van der Waals surface area contributed by atoms with Crippen LogP contribution in [0.25, 0.3) is 0 Å². The van der Waals surface area contributed by atoms with Gasteiger partial charge in [0.1, 0.15) is 5.75 Å². The van der Waals surface area contributed by atoms with Crippen LogP contribution in [0.4, 0.5) is 0 Å².